The Hall–Kier alpha value is -2.08. The van der Waals surface area contributed by atoms with Gasteiger partial charge in [0.15, 0.2) is 5.96 Å². The maximum atomic E-state index is 11.5. The number of esters is 1. The van der Waals surface area contributed by atoms with Gasteiger partial charge in [0.25, 0.3) is 0 Å². The number of hydrogen-bond acceptors (Lipinski definition) is 4. The van der Waals surface area contributed by atoms with E-state index in [1.807, 2.05) is 0 Å². The quantitative estimate of drug-likeness (QED) is 0.317. The molecule has 18 heavy (non-hydrogen) atoms. The molecule has 6 heteroatoms. The summed E-state index contributed by atoms with van der Waals surface area (Å²) < 4.78 is 5.11. The van der Waals surface area contributed by atoms with E-state index in [0.29, 0.717) is 11.7 Å². The Morgan fingerprint density at radius 1 is 1.33 bits per heavy atom. The van der Waals surface area contributed by atoms with Crippen LogP contribution in [0, 0.1) is 0 Å². The number of hydrogen-bond donors (Lipinski definition) is 3. The Balaban J connectivity index is 2.69. The number of rotatable bonds is 3. The Bertz CT molecular complexity index is 446. The van der Waals surface area contributed by atoms with Gasteiger partial charge in [-0.2, -0.15) is 0 Å². The van der Waals surface area contributed by atoms with Gasteiger partial charge in [0.05, 0.1) is 0 Å². The van der Waals surface area contributed by atoms with Gasteiger partial charge in [-0.05, 0) is 38.1 Å². The second-order valence-electron chi connectivity index (χ2n) is 4.37. The second-order valence-corrected chi connectivity index (χ2v) is 4.37. The number of aliphatic imine (C=N–C) groups is 1. The maximum Gasteiger partial charge on any atom is 0.330 e. The van der Waals surface area contributed by atoms with E-state index in [2.05, 4.69) is 10.3 Å². The largest absolute Gasteiger partial charge is 0.425 e. The highest BCUT2D eigenvalue weighted by molar-refractivity contribution is 5.92. The van der Waals surface area contributed by atoms with Gasteiger partial charge in [0, 0.05) is 12.7 Å². The minimum atomic E-state index is -1.02. The van der Waals surface area contributed by atoms with Crippen LogP contribution in [0.15, 0.2) is 29.3 Å². The fourth-order valence-corrected chi connectivity index (χ4v) is 1.05. The number of nitrogens with one attached hydrogen (secondary N) is 1. The van der Waals surface area contributed by atoms with Gasteiger partial charge in [-0.25, -0.2) is 4.79 Å². The normalized spacial score (nSPS) is 12.1. The fraction of sp³-hybridized carbons (Fsp3) is 0.333. The minimum absolute atomic E-state index is 0.308. The molecular formula is C12H18N4O2. The lowest BCUT2D eigenvalue weighted by Gasteiger charge is -2.16. The lowest BCUT2D eigenvalue weighted by atomic mass is 10.1. The molecule has 0 aliphatic carbocycles. The van der Waals surface area contributed by atoms with Crippen LogP contribution in [0.1, 0.15) is 13.8 Å². The van der Waals surface area contributed by atoms with Gasteiger partial charge in [0.2, 0.25) is 0 Å². The van der Waals surface area contributed by atoms with Gasteiger partial charge in [-0.15, -0.1) is 0 Å². The molecule has 1 rings (SSSR count). The first-order chi connectivity index (χ1) is 8.32. The van der Waals surface area contributed by atoms with Gasteiger partial charge < -0.3 is 21.5 Å². The van der Waals surface area contributed by atoms with Crippen molar-refractivity contribution in [2.75, 3.05) is 12.4 Å². The van der Waals surface area contributed by atoms with Crippen LogP contribution in [0.2, 0.25) is 0 Å². The van der Waals surface area contributed by atoms with E-state index < -0.39 is 11.5 Å². The van der Waals surface area contributed by atoms with E-state index in [9.17, 15) is 4.79 Å². The molecule has 0 fully saturated rings. The molecule has 0 spiro atoms. The van der Waals surface area contributed by atoms with E-state index in [1.165, 1.54) is 0 Å². The first-order valence-electron chi connectivity index (χ1n) is 5.43. The van der Waals surface area contributed by atoms with Crippen molar-refractivity contribution in [3.63, 3.8) is 0 Å². The number of carbonyl (C=O) groups excluding carboxylic acids is 1. The molecule has 0 amide bonds. The number of ether oxygens (including phenoxy) is 1. The van der Waals surface area contributed by atoms with Crippen molar-refractivity contribution in [3.05, 3.63) is 24.3 Å². The van der Waals surface area contributed by atoms with Crippen molar-refractivity contribution in [1.82, 2.24) is 0 Å². The molecule has 0 aromatic heterocycles. The van der Waals surface area contributed by atoms with Crippen LogP contribution in [0.5, 0.6) is 5.75 Å². The van der Waals surface area contributed by atoms with Crippen LogP contribution >= 0.6 is 0 Å². The van der Waals surface area contributed by atoms with Gasteiger partial charge in [0.1, 0.15) is 11.3 Å². The van der Waals surface area contributed by atoms with E-state index in [1.54, 1.807) is 45.2 Å². The summed E-state index contributed by atoms with van der Waals surface area (Å²) in [7, 11) is 1.59. The summed E-state index contributed by atoms with van der Waals surface area (Å²) in [5, 5.41) is 2.86. The van der Waals surface area contributed by atoms with Crippen LogP contribution in [0.4, 0.5) is 5.69 Å². The SMILES string of the molecule is CN=C(N)Nc1ccc(OC(=O)C(C)(C)N)cc1. The molecule has 6 nitrogen and oxygen atoms in total. The monoisotopic (exact) mass is 250 g/mol. The molecule has 0 heterocycles. The standard InChI is InChI=1S/C12H18N4O2/c1-12(2,14)10(17)18-9-6-4-8(5-7-9)16-11(13)15-3/h4-7H,14H2,1-3H3,(H3,13,15,16). The van der Waals surface area contributed by atoms with Crippen molar-refractivity contribution in [1.29, 1.82) is 0 Å². The zero-order valence-corrected chi connectivity index (χ0v) is 10.7. The predicted molar refractivity (Wildman–Crippen MR) is 71.5 cm³/mol. The molecule has 0 saturated heterocycles. The van der Waals surface area contributed by atoms with Crippen LogP contribution < -0.4 is 21.5 Å². The molecule has 5 N–H and O–H groups in total. The molecule has 0 aliphatic rings. The first kappa shape index (κ1) is 14.0. The molecule has 1 aromatic rings. The maximum absolute atomic E-state index is 11.5. The van der Waals surface area contributed by atoms with E-state index in [0.717, 1.165) is 5.69 Å². The molecule has 98 valence electrons. The zero-order valence-electron chi connectivity index (χ0n) is 10.7. The third-order valence-electron chi connectivity index (χ3n) is 2.10. The Kier molecular flexibility index (Phi) is 4.28. The summed E-state index contributed by atoms with van der Waals surface area (Å²) in [6.45, 7) is 3.17. The summed E-state index contributed by atoms with van der Waals surface area (Å²) >= 11 is 0. The average Bonchev–Trinajstić information content (AvgIpc) is 2.30. The van der Waals surface area contributed by atoms with Crippen LogP contribution in [0.3, 0.4) is 0 Å². The highest BCUT2D eigenvalue weighted by Crippen LogP contribution is 2.17. The molecule has 0 radical (unpaired) electrons. The molecule has 1 aromatic carbocycles. The van der Waals surface area contributed by atoms with Gasteiger partial charge in [-0.1, -0.05) is 0 Å². The number of carbonyl (C=O) groups is 1. The number of guanidine groups is 1. The van der Waals surface area contributed by atoms with Crippen LogP contribution in [0.25, 0.3) is 0 Å². The van der Waals surface area contributed by atoms with Crippen molar-refractivity contribution in [2.24, 2.45) is 16.5 Å². The first-order valence-corrected chi connectivity index (χ1v) is 5.43. The predicted octanol–water partition coefficient (Wildman–Crippen LogP) is 0.686. The smallest absolute Gasteiger partial charge is 0.330 e. The van der Waals surface area contributed by atoms with Gasteiger partial charge in [-0.3, -0.25) is 4.99 Å². The third-order valence-corrected chi connectivity index (χ3v) is 2.10. The third kappa shape index (κ3) is 4.06. The molecular weight excluding hydrogens is 232 g/mol. The molecule has 0 aliphatic heterocycles. The minimum Gasteiger partial charge on any atom is -0.425 e. The van der Waals surface area contributed by atoms with Crippen molar-refractivity contribution in [2.45, 2.75) is 19.4 Å². The van der Waals surface area contributed by atoms with E-state index in [4.69, 9.17) is 16.2 Å². The summed E-state index contributed by atoms with van der Waals surface area (Å²) in [5.41, 5.74) is 10.9. The summed E-state index contributed by atoms with van der Waals surface area (Å²) in [4.78, 5) is 15.3. The fourth-order valence-electron chi connectivity index (χ4n) is 1.05. The zero-order chi connectivity index (χ0) is 13.8. The summed E-state index contributed by atoms with van der Waals surface area (Å²) in [5.74, 6) is 0.247. The summed E-state index contributed by atoms with van der Waals surface area (Å²) in [6.07, 6.45) is 0. The second kappa shape index (κ2) is 5.50. The van der Waals surface area contributed by atoms with Crippen LogP contribution in [-0.2, 0) is 4.79 Å². The Morgan fingerprint density at radius 3 is 2.33 bits per heavy atom. The highest BCUT2D eigenvalue weighted by Gasteiger charge is 2.24. The van der Waals surface area contributed by atoms with E-state index in [-0.39, 0.29) is 0 Å². The number of anilines is 1. The van der Waals surface area contributed by atoms with E-state index >= 15 is 0 Å². The topological polar surface area (TPSA) is 103 Å². The highest BCUT2D eigenvalue weighted by atomic mass is 16.5. The number of nitrogens with two attached hydrogens (primary N) is 2. The number of nitrogens with zero attached hydrogens (tertiary/aromatic N) is 1. The van der Waals surface area contributed by atoms with Crippen molar-refractivity contribution < 1.29 is 9.53 Å². The van der Waals surface area contributed by atoms with Gasteiger partial charge >= 0.3 is 5.97 Å². The van der Waals surface area contributed by atoms with Crippen molar-refractivity contribution in [3.8, 4) is 5.75 Å². The summed E-state index contributed by atoms with van der Waals surface area (Å²) in [6, 6.07) is 6.75. The number of benzene rings is 1. The van der Waals surface area contributed by atoms with Crippen LogP contribution in [-0.4, -0.2) is 24.5 Å². The Labute approximate surface area is 106 Å². The Morgan fingerprint density at radius 2 is 1.89 bits per heavy atom. The van der Waals surface area contributed by atoms with Crippen molar-refractivity contribution >= 4 is 17.6 Å². The lowest BCUT2D eigenvalue weighted by molar-refractivity contribution is -0.139. The average molecular weight is 250 g/mol. The molecule has 0 saturated carbocycles. The molecule has 0 bridgehead atoms. The molecule has 0 atom stereocenters. The molecule has 0 unspecified atom stereocenters. The lowest BCUT2D eigenvalue weighted by Crippen LogP contribution is -2.44.